The van der Waals surface area contributed by atoms with E-state index >= 15 is 0 Å². The van der Waals surface area contributed by atoms with E-state index in [9.17, 15) is 13.2 Å². The van der Waals surface area contributed by atoms with Gasteiger partial charge in [0, 0.05) is 12.1 Å². The number of carbonyl (C=O) groups is 1. The molecule has 2 aromatic rings. The van der Waals surface area contributed by atoms with Gasteiger partial charge in [0.25, 0.3) is 5.91 Å². The monoisotopic (exact) mass is 440 g/mol. The third-order valence-electron chi connectivity index (χ3n) is 4.19. The van der Waals surface area contributed by atoms with E-state index in [1.54, 1.807) is 37.3 Å². The summed E-state index contributed by atoms with van der Waals surface area (Å²) in [6.45, 7) is 4.15. The Balaban J connectivity index is 1.79. The number of carbonyl (C=O) groups excluding carboxylic acids is 1. The molecule has 0 aromatic heterocycles. The van der Waals surface area contributed by atoms with Crippen molar-refractivity contribution in [1.82, 2.24) is 5.32 Å². The van der Waals surface area contributed by atoms with Crippen LogP contribution in [0.1, 0.15) is 12.5 Å². The third-order valence-corrected chi connectivity index (χ3v) is 5.81. The Morgan fingerprint density at radius 1 is 1.17 bits per heavy atom. The van der Waals surface area contributed by atoms with Gasteiger partial charge in [-0.2, -0.15) is 0 Å². The Morgan fingerprint density at radius 3 is 2.38 bits per heavy atom. The molecule has 0 saturated heterocycles. The van der Waals surface area contributed by atoms with Crippen molar-refractivity contribution in [3.05, 3.63) is 53.1 Å². The van der Waals surface area contributed by atoms with Gasteiger partial charge in [-0.15, -0.1) is 0 Å². The normalized spacial score (nSPS) is 12.2. The SMILES string of the molecule is Cc1ccc(OCCNC(=O)[C@H](C)Oc2ccc(N(C)S(C)(=O)=O)cc2)cc1Cl. The molecule has 0 bridgehead atoms. The molecule has 9 heteroatoms. The molecule has 7 nitrogen and oxygen atoms in total. The smallest absolute Gasteiger partial charge is 0.260 e. The molecule has 0 saturated carbocycles. The molecular weight excluding hydrogens is 416 g/mol. The van der Waals surface area contributed by atoms with Crippen LogP contribution in [0.15, 0.2) is 42.5 Å². The maximum Gasteiger partial charge on any atom is 0.260 e. The fourth-order valence-corrected chi connectivity index (χ4v) is 3.01. The molecule has 0 aliphatic heterocycles. The molecule has 158 valence electrons. The maximum atomic E-state index is 12.2. The van der Waals surface area contributed by atoms with Crippen molar-refractivity contribution < 1.29 is 22.7 Å². The van der Waals surface area contributed by atoms with Crippen molar-refractivity contribution in [3.63, 3.8) is 0 Å². The summed E-state index contributed by atoms with van der Waals surface area (Å²) in [5.41, 5.74) is 1.47. The number of ether oxygens (including phenoxy) is 2. The number of benzene rings is 2. The average molecular weight is 441 g/mol. The molecule has 1 atom stereocenters. The highest BCUT2D eigenvalue weighted by Gasteiger charge is 2.15. The lowest BCUT2D eigenvalue weighted by atomic mass is 10.2. The quantitative estimate of drug-likeness (QED) is 0.606. The van der Waals surface area contributed by atoms with E-state index in [-0.39, 0.29) is 5.91 Å². The molecule has 0 aliphatic rings. The third kappa shape index (κ3) is 6.83. The second-order valence-electron chi connectivity index (χ2n) is 6.53. The molecule has 0 fully saturated rings. The van der Waals surface area contributed by atoms with Crippen LogP contribution in [-0.4, -0.2) is 46.9 Å². The predicted octanol–water partition coefficient (Wildman–Crippen LogP) is 3.01. The van der Waals surface area contributed by atoms with Crippen molar-refractivity contribution in [1.29, 1.82) is 0 Å². The van der Waals surface area contributed by atoms with Crippen LogP contribution >= 0.6 is 11.6 Å². The molecule has 0 heterocycles. The molecule has 29 heavy (non-hydrogen) atoms. The summed E-state index contributed by atoms with van der Waals surface area (Å²) >= 11 is 6.05. The van der Waals surface area contributed by atoms with E-state index in [1.165, 1.54) is 7.05 Å². The van der Waals surface area contributed by atoms with Crippen molar-refractivity contribution >= 4 is 33.2 Å². The van der Waals surface area contributed by atoms with E-state index in [2.05, 4.69) is 5.32 Å². The first kappa shape index (κ1) is 22.8. The first-order chi connectivity index (χ1) is 13.6. The van der Waals surface area contributed by atoms with Crippen LogP contribution in [-0.2, 0) is 14.8 Å². The highest BCUT2D eigenvalue weighted by atomic mass is 35.5. The number of halogens is 1. The lowest BCUT2D eigenvalue weighted by molar-refractivity contribution is -0.127. The predicted molar refractivity (Wildman–Crippen MR) is 114 cm³/mol. The Bertz CT molecular complexity index is 948. The van der Waals surface area contributed by atoms with Crippen molar-refractivity contribution in [2.45, 2.75) is 20.0 Å². The van der Waals surface area contributed by atoms with Gasteiger partial charge < -0.3 is 14.8 Å². The van der Waals surface area contributed by atoms with Crippen LogP contribution in [0, 0.1) is 6.92 Å². The summed E-state index contributed by atoms with van der Waals surface area (Å²) in [7, 11) is -1.87. The Kier molecular flexibility index (Phi) is 7.75. The molecule has 0 radical (unpaired) electrons. The van der Waals surface area contributed by atoms with Crippen molar-refractivity contribution in [2.75, 3.05) is 30.8 Å². The zero-order valence-corrected chi connectivity index (χ0v) is 18.4. The molecule has 2 aromatic carbocycles. The van der Waals surface area contributed by atoms with Gasteiger partial charge in [0.1, 0.15) is 18.1 Å². The van der Waals surface area contributed by atoms with Gasteiger partial charge in [-0.05, 0) is 55.8 Å². The van der Waals surface area contributed by atoms with Crippen LogP contribution < -0.4 is 19.1 Å². The van der Waals surface area contributed by atoms with Gasteiger partial charge in [0.2, 0.25) is 10.0 Å². The number of amides is 1. The number of rotatable bonds is 9. The molecular formula is C20H25ClN2O5S. The van der Waals surface area contributed by atoms with Gasteiger partial charge in [0.15, 0.2) is 6.10 Å². The lowest BCUT2D eigenvalue weighted by Gasteiger charge is -2.18. The largest absolute Gasteiger partial charge is 0.492 e. The Hall–Kier alpha value is -2.45. The highest BCUT2D eigenvalue weighted by molar-refractivity contribution is 7.92. The van der Waals surface area contributed by atoms with Gasteiger partial charge >= 0.3 is 0 Å². The standard InChI is InChI=1S/C20H25ClN2O5S/c1-14-5-8-18(13-19(14)21)27-12-11-22-20(24)15(2)28-17-9-6-16(7-10-17)23(3)29(4,25)26/h5-10,13,15H,11-12H2,1-4H3,(H,22,24)/t15-/m0/s1. The topological polar surface area (TPSA) is 84.9 Å². The van der Waals surface area contributed by atoms with Crippen molar-refractivity contribution in [3.8, 4) is 11.5 Å². The molecule has 0 aliphatic carbocycles. The zero-order valence-electron chi connectivity index (χ0n) is 16.8. The summed E-state index contributed by atoms with van der Waals surface area (Å²) in [5, 5.41) is 3.37. The summed E-state index contributed by atoms with van der Waals surface area (Å²) in [5.74, 6) is 0.815. The second kappa shape index (κ2) is 9.84. The number of anilines is 1. The Labute approximate surface area is 176 Å². The number of aryl methyl sites for hydroxylation is 1. The number of hydrogen-bond acceptors (Lipinski definition) is 5. The van der Waals surface area contributed by atoms with Gasteiger partial charge in [-0.25, -0.2) is 8.42 Å². The minimum atomic E-state index is -3.33. The highest BCUT2D eigenvalue weighted by Crippen LogP contribution is 2.22. The first-order valence-corrected chi connectivity index (χ1v) is 11.2. The molecule has 1 amide bonds. The summed E-state index contributed by atoms with van der Waals surface area (Å²) in [6, 6.07) is 11.9. The molecule has 0 spiro atoms. The number of hydrogen-bond donors (Lipinski definition) is 1. The fourth-order valence-electron chi connectivity index (χ4n) is 2.33. The second-order valence-corrected chi connectivity index (χ2v) is 8.96. The van der Waals surface area contributed by atoms with E-state index in [1.807, 2.05) is 19.1 Å². The van der Waals surface area contributed by atoms with Gasteiger partial charge in [-0.3, -0.25) is 9.10 Å². The first-order valence-electron chi connectivity index (χ1n) is 8.95. The lowest BCUT2D eigenvalue weighted by Crippen LogP contribution is -2.38. The number of nitrogens with one attached hydrogen (secondary N) is 1. The van der Waals surface area contributed by atoms with Crippen LogP contribution in [0.3, 0.4) is 0 Å². The van der Waals surface area contributed by atoms with Gasteiger partial charge in [0.05, 0.1) is 18.5 Å². The van der Waals surface area contributed by atoms with E-state index < -0.39 is 16.1 Å². The van der Waals surface area contributed by atoms with E-state index in [4.69, 9.17) is 21.1 Å². The van der Waals surface area contributed by atoms with E-state index in [0.717, 1.165) is 16.1 Å². The summed E-state index contributed by atoms with van der Waals surface area (Å²) in [4.78, 5) is 12.2. The molecule has 2 rings (SSSR count). The van der Waals surface area contributed by atoms with Crippen LogP contribution in [0.2, 0.25) is 5.02 Å². The zero-order chi connectivity index (χ0) is 21.6. The number of sulfonamides is 1. The van der Waals surface area contributed by atoms with E-state index in [0.29, 0.717) is 35.4 Å². The minimum Gasteiger partial charge on any atom is -0.492 e. The Morgan fingerprint density at radius 2 is 1.79 bits per heavy atom. The van der Waals surface area contributed by atoms with Crippen LogP contribution in [0.25, 0.3) is 0 Å². The van der Waals surface area contributed by atoms with Crippen molar-refractivity contribution in [2.24, 2.45) is 0 Å². The number of nitrogens with zero attached hydrogens (tertiary/aromatic N) is 1. The maximum absolute atomic E-state index is 12.2. The summed E-state index contributed by atoms with van der Waals surface area (Å²) < 4.78 is 35.4. The summed E-state index contributed by atoms with van der Waals surface area (Å²) in [6.07, 6.45) is 0.406. The molecule has 1 N–H and O–H groups in total. The minimum absolute atomic E-state index is 0.284. The van der Waals surface area contributed by atoms with Gasteiger partial charge in [-0.1, -0.05) is 17.7 Å². The van der Waals surface area contributed by atoms with Crippen LogP contribution in [0.4, 0.5) is 5.69 Å². The fraction of sp³-hybridized carbons (Fsp3) is 0.350. The molecule has 0 unspecified atom stereocenters. The van der Waals surface area contributed by atoms with Crippen LogP contribution in [0.5, 0.6) is 11.5 Å². The average Bonchev–Trinajstić information content (AvgIpc) is 2.67.